The Morgan fingerprint density at radius 1 is 1.17 bits per heavy atom. The minimum absolute atomic E-state index is 0.0522. The van der Waals surface area contributed by atoms with Gasteiger partial charge in [-0.1, -0.05) is 11.8 Å². The number of anilines is 1. The lowest BCUT2D eigenvalue weighted by Crippen LogP contribution is -2.08. The second kappa shape index (κ2) is 8.19. The fourth-order valence-corrected chi connectivity index (χ4v) is 4.25. The number of nitrogens with one attached hydrogen (secondary N) is 1. The lowest BCUT2D eigenvalue weighted by atomic mass is 10.2. The van der Waals surface area contributed by atoms with E-state index in [2.05, 4.69) is 37.2 Å². The van der Waals surface area contributed by atoms with E-state index in [1.54, 1.807) is 6.20 Å². The van der Waals surface area contributed by atoms with Crippen molar-refractivity contribution in [3.05, 3.63) is 66.0 Å². The van der Waals surface area contributed by atoms with Crippen molar-refractivity contribution in [2.24, 2.45) is 0 Å². The van der Waals surface area contributed by atoms with Gasteiger partial charge in [-0.25, -0.2) is 10.1 Å². The highest BCUT2D eigenvalue weighted by Crippen LogP contribution is 2.25. The molecule has 3 heterocycles. The summed E-state index contributed by atoms with van der Waals surface area (Å²) in [6.07, 6.45) is 5.12. The molecule has 0 aliphatic carbocycles. The van der Waals surface area contributed by atoms with E-state index in [0.717, 1.165) is 27.9 Å². The van der Waals surface area contributed by atoms with Gasteiger partial charge in [0.25, 0.3) is 0 Å². The number of ketones is 1. The van der Waals surface area contributed by atoms with Gasteiger partial charge in [-0.15, -0.1) is 0 Å². The van der Waals surface area contributed by atoms with Gasteiger partial charge in [0.2, 0.25) is 5.95 Å². The van der Waals surface area contributed by atoms with E-state index >= 15 is 0 Å². The third-order valence-corrected chi connectivity index (χ3v) is 5.90. The molecule has 0 aliphatic heterocycles. The van der Waals surface area contributed by atoms with E-state index in [4.69, 9.17) is 0 Å². The molecule has 8 nitrogen and oxygen atoms in total. The van der Waals surface area contributed by atoms with Gasteiger partial charge in [-0.3, -0.25) is 13.9 Å². The standard InChI is InChI=1S/C21H23N7OS/c1-14-11-18(15(2)28(14)20-23-13-24-25-20)19(29)12-30-21-22-9-10-27(21)17-7-5-16(6-8-17)26(3)4/h5-11,13H,12H2,1-4H3,(H,23,24,25). The van der Waals surface area contributed by atoms with Gasteiger partial charge in [-0.2, -0.15) is 10.1 Å². The molecule has 0 radical (unpaired) electrons. The summed E-state index contributed by atoms with van der Waals surface area (Å²) in [5.74, 6) is 0.956. The number of nitrogens with zero attached hydrogens (tertiary/aromatic N) is 6. The number of hydrogen-bond acceptors (Lipinski definition) is 6. The van der Waals surface area contributed by atoms with Crippen LogP contribution in [0.3, 0.4) is 0 Å². The van der Waals surface area contributed by atoms with Crippen LogP contribution in [0.25, 0.3) is 11.6 Å². The summed E-state index contributed by atoms with van der Waals surface area (Å²) >= 11 is 1.43. The predicted molar refractivity (Wildman–Crippen MR) is 118 cm³/mol. The molecule has 9 heteroatoms. The molecule has 0 atom stereocenters. The summed E-state index contributed by atoms with van der Waals surface area (Å²) in [5, 5.41) is 7.53. The van der Waals surface area contributed by atoms with E-state index in [1.807, 2.05) is 61.5 Å². The molecular weight excluding hydrogens is 398 g/mol. The molecule has 0 saturated heterocycles. The first-order chi connectivity index (χ1) is 14.5. The number of rotatable bonds is 7. The number of Topliss-reactive ketones (excluding diaryl/α,β-unsaturated/α-hetero) is 1. The van der Waals surface area contributed by atoms with Crippen LogP contribution in [0.4, 0.5) is 5.69 Å². The number of hydrogen-bond donors (Lipinski definition) is 1. The zero-order valence-corrected chi connectivity index (χ0v) is 18.1. The van der Waals surface area contributed by atoms with Crippen molar-refractivity contribution in [2.75, 3.05) is 24.7 Å². The molecule has 1 aromatic carbocycles. The van der Waals surface area contributed by atoms with E-state index in [-0.39, 0.29) is 5.78 Å². The van der Waals surface area contributed by atoms with Crippen LogP contribution in [0.1, 0.15) is 21.7 Å². The van der Waals surface area contributed by atoms with Gasteiger partial charge in [-0.05, 0) is 44.2 Å². The number of H-pyrrole nitrogens is 1. The van der Waals surface area contributed by atoms with Crippen molar-refractivity contribution in [1.29, 1.82) is 0 Å². The molecule has 0 amide bonds. The van der Waals surface area contributed by atoms with Crippen molar-refractivity contribution >= 4 is 23.2 Å². The molecule has 0 aliphatic rings. The van der Waals surface area contributed by atoms with Crippen molar-refractivity contribution in [3.63, 3.8) is 0 Å². The summed E-state index contributed by atoms with van der Waals surface area (Å²) in [4.78, 5) is 23.6. The fraction of sp³-hybridized carbons (Fsp3) is 0.238. The number of aromatic nitrogens is 6. The molecule has 0 saturated carbocycles. The highest BCUT2D eigenvalue weighted by molar-refractivity contribution is 7.99. The minimum Gasteiger partial charge on any atom is -0.378 e. The fourth-order valence-electron chi connectivity index (χ4n) is 3.39. The van der Waals surface area contributed by atoms with E-state index in [9.17, 15) is 4.79 Å². The van der Waals surface area contributed by atoms with Crippen LogP contribution in [0.15, 0.2) is 54.2 Å². The Balaban J connectivity index is 1.51. The zero-order valence-electron chi connectivity index (χ0n) is 17.3. The highest BCUT2D eigenvalue weighted by atomic mass is 32.2. The Morgan fingerprint density at radius 3 is 2.60 bits per heavy atom. The number of benzene rings is 1. The number of thioether (sulfide) groups is 1. The number of aromatic amines is 1. The molecule has 0 spiro atoms. The SMILES string of the molecule is Cc1cc(C(=O)CSc2nccn2-c2ccc(N(C)C)cc2)c(C)n1-c1ncn[nH]1. The third kappa shape index (κ3) is 3.76. The van der Waals surface area contributed by atoms with Gasteiger partial charge >= 0.3 is 0 Å². The van der Waals surface area contributed by atoms with Crippen LogP contribution < -0.4 is 4.90 Å². The minimum atomic E-state index is 0.0522. The van der Waals surface area contributed by atoms with E-state index in [1.165, 1.54) is 18.1 Å². The monoisotopic (exact) mass is 421 g/mol. The zero-order chi connectivity index (χ0) is 21.3. The van der Waals surface area contributed by atoms with Gasteiger partial charge in [0, 0.05) is 54.8 Å². The van der Waals surface area contributed by atoms with Crippen molar-refractivity contribution in [2.45, 2.75) is 19.0 Å². The molecule has 3 aromatic heterocycles. The number of carbonyl (C=O) groups excluding carboxylic acids is 1. The molecule has 0 unspecified atom stereocenters. The van der Waals surface area contributed by atoms with Gasteiger partial charge in [0.05, 0.1) is 5.75 Å². The molecule has 1 N–H and O–H groups in total. The molecule has 0 fully saturated rings. The second-order valence-electron chi connectivity index (χ2n) is 7.13. The smallest absolute Gasteiger partial charge is 0.229 e. The van der Waals surface area contributed by atoms with Crippen molar-refractivity contribution < 1.29 is 4.79 Å². The average molecular weight is 422 g/mol. The number of carbonyl (C=O) groups is 1. The topological polar surface area (TPSA) is 84.6 Å². The van der Waals surface area contributed by atoms with Crippen LogP contribution in [-0.2, 0) is 0 Å². The van der Waals surface area contributed by atoms with E-state index < -0.39 is 0 Å². The van der Waals surface area contributed by atoms with E-state index in [0.29, 0.717) is 17.3 Å². The summed E-state index contributed by atoms with van der Waals surface area (Å²) < 4.78 is 3.90. The van der Waals surface area contributed by atoms with Crippen molar-refractivity contribution in [3.8, 4) is 11.6 Å². The van der Waals surface area contributed by atoms with Crippen LogP contribution in [0, 0.1) is 13.8 Å². The van der Waals surface area contributed by atoms with Crippen molar-refractivity contribution in [1.82, 2.24) is 29.3 Å². The van der Waals surface area contributed by atoms with Crippen LogP contribution >= 0.6 is 11.8 Å². The third-order valence-electron chi connectivity index (χ3n) is 4.93. The van der Waals surface area contributed by atoms with Crippen LogP contribution in [0.2, 0.25) is 0 Å². The van der Waals surface area contributed by atoms with Gasteiger partial charge < -0.3 is 4.90 Å². The van der Waals surface area contributed by atoms with Gasteiger partial charge in [0.15, 0.2) is 10.9 Å². The van der Waals surface area contributed by atoms with Crippen LogP contribution in [-0.4, -0.2) is 54.9 Å². The average Bonchev–Trinajstić information content (AvgIpc) is 3.47. The first-order valence-electron chi connectivity index (χ1n) is 9.47. The maximum absolute atomic E-state index is 12.9. The lowest BCUT2D eigenvalue weighted by Gasteiger charge is -2.13. The quantitative estimate of drug-likeness (QED) is 0.363. The highest BCUT2D eigenvalue weighted by Gasteiger charge is 2.19. The normalized spacial score (nSPS) is 11.1. The first kappa shape index (κ1) is 20.0. The maximum atomic E-state index is 12.9. The first-order valence-corrected chi connectivity index (χ1v) is 10.5. The molecule has 30 heavy (non-hydrogen) atoms. The largest absolute Gasteiger partial charge is 0.378 e. The number of aryl methyl sites for hydroxylation is 1. The molecule has 154 valence electrons. The van der Waals surface area contributed by atoms with Gasteiger partial charge in [0.1, 0.15) is 6.33 Å². The molecule has 4 aromatic rings. The Bertz CT molecular complexity index is 1160. The number of imidazole rings is 1. The Hall–Kier alpha value is -3.33. The molecule has 0 bridgehead atoms. The predicted octanol–water partition coefficient (Wildman–Crippen LogP) is 3.44. The summed E-state index contributed by atoms with van der Waals surface area (Å²) in [5.41, 5.74) is 4.60. The lowest BCUT2D eigenvalue weighted by molar-refractivity contribution is 0.102. The van der Waals surface area contributed by atoms with Crippen LogP contribution in [0.5, 0.6) is 0 Å². The molecule has 4 rings (SSSR count). The molecular formula is C21H23N7OS. The summed E-state index contributed by atoms with van der Waals surface area (Å²) in [7, 11) is 4.02. The summed E-state index contributed by atoms with van der Waals surface area (Å²) in [6.45, 7) is 3.87. The maximum Gasteiger partial charge on any atom is 0.229 e. The Morgan fingerprint density at radius 2 is 1.93 bits per heavy atom. The Labute approximate surface area is 179 Å². The second-order valence-corrected chi connectivity index (χ2v) is 8.07. The Kier molecular flexibility index (Phi) is 5.45. The summed E-state index contributed by atoms with van der Waals surface area (Å²) in [6, 6.07) is 10.1.